The van der Waals surface area contributed by atoms with Crippen LogP contribution in [0.15, 0.2) is 164 Å². The molecule has 8 aromatic carbocycles. The van der Waals surface area contributed by atoms with E-state index in [0.29, 0.717) is 17.5 Å². The Bertz CT molecular complexity index is 2570. The van der Waals surface area contributed by atoms with Crippen LogP contribution >= 0.6 is 0 Å². The molecule has 0 N–H and O–H groups in total. The van der Waals surface area contributed by atoms with Gasteiger partial charge >= 0.3 is 0 Å². The van der Waals surface area contributed by atoms with Crippen LogP contribution in [0.5, 0.6) is 0 Å². The lowest BCUT2D eigenvalue weighted by Crippen LogP contribution is -2.01. The largest absolute Gasteiger partial charge is 0.208 e. The fraction of sp³-hybridized carbons (Fsp3) is 0. The summed E-state index contributed by atoms with van der Waals surface area (Å²) in [5.74, 6) is 1.96. The maximum Gasteiger partial charge on any atom is 0.164 e. The predicted octanol–water partition coefficient (Wildman–Crippen LogP) is 11.2. The van der Waals surface area contributed by atoms with Gasteiger partial charge in [0.2, 0.25) is 0 Å². The first-order chi connectivity index (χ1) is 22.8. The maximum atomic E-state index is 5.21. The Labute approximate surface area is 266 Å². The summed E-state index contributed by atoms with van der Waals surface area (Å²) in [5, 5.41) is 9.71. The van der Waals surface area contributed by atoms with Crippen molar-refractivity contribution in [2.75, 3.05) is 0 Å². The maximum absolute atomic E-state index is 5.21. The van der Waals surface area contributed by atoms with Crippen molar-refractivity contribution in [1.29, 1.82) is 0 Å². The first kappa shape index (κ1) is 26.2. The summed E-state index contributed by atoms with van der Waals surface area (Å²) in [6.07, 6.45) is 0. The highest BCUT2D eigenvalue weighted by Crippen LogP contribution is 2.42. The molecule has 9 aromatic rings. The van der Waals surface area contributed by atoms with Gasteiger partial charge in [-0.3, -0.25) is 0 Å². The molecule has 0 radical (unpaired) electrons. The highest BCUT2D eigenvalue weighted by molar-refractivity contribution is 6.32. The molecule has 214 valence electrons. The second-order valence-corrected chi connectivity index (χ2v) is 11.6. The van der Waals surface area contributed by atoms with Gasteiger partial charge in [0.15, 0.2) is 17.5 Å². The van der Waals surface area contributed by atoms with Crippen LogP contribution < -0.4 is 0 Å². The molecule has 0 fully saturated rings. The van der Waals surface area contributed by atoms with Gasteiger partial charge in [0.1, 0.15) is 0 Å². The van der Waals surface area contributed by atoms with E-state index in [2.05, 4.69) is 140 Å². The van der Waals surface area contributed by atoms with E-state index in [1.807, 2.05) is 24.3 Å². The molecule has 0 saturated carbocycles. The summed E-state index contributed by atoms with van der Waals surface area (Å²) in [5.41, 5.74) is 5.16. The van der Waals surface area contributed by atoms with Gasteiger partial charge in [-0.1, -0.05) is 152 Å². The van der Waals surface area contributed by atoms with E-state index in [4.69, 9.17) is 15.0 Å². The van der Waals surface area contributed by atoms with Crippen molar-refractivity contribution in [3.05, 3.63) is 164 Å². The summed E-state index contributed by atoms with van der Waals surface area (Å²) in [6, 6.07) is 57.4. The minimum absolute atomic E-state index is 0.647. The molecule has 1 aromatic heterocycles. The monoisotopic (exact) mass is 585 g/mol. The van der Waals surface area contributed by atoms with Crippen molar-refractivity contribution in [3.8, 4) is 45.3 Å². The Balaban J connectivity index is 1.36. The molecule has 0 aliphatic heterocycles. The normalized spacial score (nSPS) is 11.5. The van der Waals surface area contributed by atoms with Gasteiger partial charge in [0.25, 0.3) is 0 Å². The third-order valence-electron chi connectivity index (χ3n) is 8.88. The predicted molar refractivity (Wildman–Crippen MR) is 192 cm³/mol. The molecule has 0 bridgehead atoms. The van der Waals surface area contributed by atoms with Gasteiger partial charge < -0.3 is 0 Å². The number of hydrogen-bond donors (Lipinski definition) is 0. The van der Waals surface area contributed by atoms with Crippen LogP contribution in [-0.2, 0) is 0 Å². The Kier molecular flexibility index (Phi) is 6.14. The van der Waals surface area contributed by atoms with E-state index in [1.54, 1.807) is 0 Å². The van der Waals surface area contributed by atoms with Crippen molar-refractivity contribution in [2.45, 2.75) is 0 Å². The lowest BCUT2D eigenvalue weighted by molar-refractivity contribution is 1.08. The Morgan fingerprint density at radius 3 is 1.37 bits per heavy atom. The van der Waals surface area contributed by atoms with E-state index in [-0.39, 0.29) is 0 Å². The standard InChI is InChI=1S/C43H27N3/c1-3-14-28(15-4-1)30-18-13-19-31(26-30)42-44-41(29-16-5-2-6-17-29)45-43(46-42)39-27-38-34-22-8-7-20-32(34)33-21-9-11-24-36(33)40(38)37-25-12-10-23-35(37)39/h1-27H. The smallest absolute Gasteiger partial charge is 0.164 e. The quantitative estimate of drug-likeness (QED) is 0.193. The molecule has 3 nitrogen and oxygen atoms in total. The zero-order valence-corrected chi connectivity index (χ0v) is 24.9. The fourth-order valence-corrected chi connectivity index (χ4v) is 6.76. The SMILES string of the molecule is c1ccc(-c2cccc(-c3nc(-c4ccccc4)nc(-c4cc5c6ccccc6c6ccccc6c5c5ccccc45)n3)c2)cc1. The average molecular weight is 586 g/mol. The summed E-state index contributed by atoms with van der Waals surface area (Å²) >= 11 is 0. The van der Waals surface area contributed by atoms with Gasteiger partial charge in [-0.25, -0.2) is 15.0 Å². The summed E-state index contributed by atoms with van der Waals surface area (Å²) in [6.45, 7) is 0. The van der Waals surface area contributed by atoms with E-state index < -0.39 is 0 Å². The highest BCUT2D eigenvalue weighted by Gasteiger charge is 2.18. The third-order valence-corrected chi connectivity index (χ3v) is 8.88. The van der Waals surface area contributed by atoms with Crippen LogP contribution in [-0.4, -0.2) is 15.0 Å². The molecule has 3 heteroatoms. The van der Waals surface area contributed by atoms with Gasteiger partial charge in [0.05, 0.1) is 0 Å². The molecule has 0 atom stereocenters. The Hall–Kier alpha value is -6.19. The molecule has 0 amide bonds. The molecule has 46 heavy (non-hydrogen) atoms. The third kappa shape index (κ3) is 4.33. The number of fused-ring (bicyclic) bond motifs is 8. The summed E-state index contributed by atoms with van der Waals surface area (Å²) in [7, 11) is 0. The second kappa shape index (κ2) is 10.8. The summed E-state index contributed by atoms with van der Waals surface area (Å²) in [4.78, 5) is 15.4. The molecule has 9 rings (SSSR count). The van der Waals surface area contributed by atoms with Gasteiger partial charge in [-0.2, -0.15) is 0 Å². The number of benzene rings is 8. The van der Waals surface area contributed by atoms with Gasteiger partial charge in [-0.05, 0) is 66.3 Å². The van der Waals surface area contributed by atoms with Gasteiger partial charge in [0, 0.05) is 16.7 Å². The van der Waals surface area contributed by atoms with E-state index in [1.165, 1.54) is 37.7 Å². The minimum Gasteiger partial charge on any atom is -0.208 e. The first-order valence-corrected chi connectivity index (χ1v) is 15.5. The number of hydrogen-bond acceptors (Lipinski definition) is 3. The lowest BCUT2D eigenvalue weighted by atomic mass is 9.89. The minimum atomic E-state index is 0.647. The Morgan fingerprint density at radius 1 is 0.261 bits per heavy atom. The number of rotatable bonds is 4. The summed E-state index contributed by atoms with van der Waals surface area (Å²) < 4.78 is 0. The lowest BCUT2D eigenvalue weighted by Gasteiger charge is -2.16. The van der Waals surface area contributed by atoms with Crippen molar-refractivity contribution >= 4 is 43.1 Å². The van der Waals surface area contributed by atoms with Crippen molar-refractivity contribution < 1.29 is 0 Å². The number of nitrogens with zero attached hydrogens (tertiary/aromatic N) is 3. The number of aromatic nitrogens is 3. The molecular formula is C43H27N3. The molecule has 0 aliphatic carbocycles. The molecule has 0 spiro atoms. The van der Waals surface area contributed by atoms with Crippen LogP contribution in [0, 0.1) is 0 Å². The van der Waals surface area contributed by atoms with Crippen LogP contribution in [0.4, 0.5) is 0 Å². The molecule has 0 aliphatic rings. The van der Waals surface area contributed by atoms with E-state index >= 15 is 0 Å². The fourth-order valence-electron chi connectivity index (χ4n) is 6.76. The molecular weight excluding hydrogens is 558 g/mol. The van der Waals surface area contributed by atoms with Crippen LogP contribution in [0.2, 0.25) is 0 Å². The zero-order valence-electron chi connectivity index (χ0n) is 24.9. The van der Waals surface area contributed by atoms with Crippen molar-refractivity contribution in [1.82, 2.24) is 15.0 Å². The zero-order chi connectivity index (χ0) is 30.5. The molecule has 0 saturated heterocycles. The van der Waals surface area contributed by atoms with E-state index in [0.717, 1.165) is 33.2 Å². The van der Waals surface area contributed by atoms with Crippen LogP contribution in [0.3, 0.4) is 0 Å². The molecule has 1 heterocycles. The van der Waals surface area contributed by atoms with Gasteiger partial charge in [-0.15, -0.1) is 0 Å². The van der Waals surface area contributed by atoms with Crippen molar-refractivity contribution in [2.24, 2.45) is 0 Å². The Morgan fingerprint density at radius 2 is 0.696 bits per heavy atom. The highest BCUT2D eigenvalue weighted by atomic mass is 15.0. The second-order valence-electron chi connectivity index (χ2n) is 11.6. The molecule has 0 unspecified atom stereocenters. The van der Waals surface area contributed by atoms with Crippen LogP contribution in [0.25, 0.3) is 88.4 Å². The van der Waals surface area contributed by atoms with Crippen LogP contribution in [0.1, 0.15) is 0 Å². The average Bonchev–Trinajstić information content (AvgIpc) is 3.15. The first-order valence-electron chi connectivity index (χ1n) is 15.5. The van der Waals surface area contributed by atoms with Crippen molar-refractivity contribution in [3.63, 3.8) is 0 Å². The topological polar surface area (TPSA) is 38.7 Å². The van der Waals surface area contributed by atoms with E-state index in [9.17, 15) is 0 Å².